The van der Waals surface area contributed by atoms with E-state index < -0.39 is 0 Å². The number of nitrogens with zero attached hydrogens (tertiary/aromatic N) is 2. The zero-order valence-electron chi connectivity index (χ0n) is 15.3. The predicted molar refractivity (Wildman–Crippen MR) is 104 cm³/mol. The van der Waals surface area contributed by atoms with Gasteiger partial charge in [0.15, 0.2) is 6.61 Å². The average Bonchev–Trinajstić information content (AvgIpc) is 3.26. The monoisotopic (exact) mass is 348 g/mol. The van der Waals surface area contributed by atoms with Crippen molar-refractivity contribution in [2.75, 3.05) is 19.7 Å². The third-order valence-corrected chi connectivity index (χ3v) is 5.33. The van der Waals surface area contributed by atoms with Gasteiger partial charge >= 0.3 is 0 Å². The minimum Gasteiger partial charge on any atom is -0.484 e. The summed E-state index contributed by atoms with van der Waals surface area (Å²) >= 11 is 0. The molecule has 1 unspecified atom stereocenters. The maximum atomic E-state index is 12.5. The number of ether oxygens (including phenoxy) is 1. The second-order valence-electron chi connectivity index (χ2n) is 7.11. The second-order valence-corrected chi connectivity index (χ2v) is 7.11. The number of carbonyl (C=O) groups is 1. The first kappa shape index (κ1) is 16.7. The molecular formula is C22H24N2O2. The number of amides is 1. The lowest BCUT2D eigenvalue weighted by atomic mass is 10.0. The van der Waals surface area contributed by atoms with E-state index in [1.54, 1.807) is 0 Å². The quantitative estimate of drug-likeness (QED) is 0.717. The molecule has 4 nitrogen and oxygen atoms in total. The van der Waals surface area contributed by atoms with Crippen molar-refractivity contribution in [1.82, 2.24) is 9.47 Å². The minimum atomic E-state index is 0.0619. The summed E-state index contributed by atoms with van der Waals surface area (Å²) in [6.07, 6.45) is 1.00. The van der Waals surface area contributed by atoms with Gasteiger partial charge in [-0.25, -0.2) is 0 Å². The van der Waals surface area contributed by atoms with Gasteiger partial charge in [0.25, 0.3) is 5.91 Å². The van der Waals surface area contributed by atoms with Gasteiger partial charge in [0.2, 0.25) is 0 Å². The Morgan fingerprint density at radius 1 is 1.15 bits per heavy atom. The van der Waals surface area contributed by atoms with E-state index in [0.29, 0.717) is 5.92 Å². The van der Waals surface area contributed by atoms with Crippen molar-refractivity contribution in [1.29, 1.82) is 0 Å². The molecule has 1 atom stereocenters. The Morgan fingerprint density at radius 3 is 2.69 bits per heavy atom. The largest absolute Gasteiger partial charge is 0.484 e. The summed E-state index contributed by atoms with van der Waals surface area (Å²) in [5.41, 5.74) is 3.73. The molecule has 1 saturated heterocycles. The number of aromatic nitrogens is 1. The van der Waals surface area contributed by atoms with Crippen molar-refractivity contribution in [3.63, 3.8) is 0 Å². The summed E-state index contributed by atoms with van der Waals surface area (Å²) < 4.78 is 7.91. The van der Waals surface area contributed by atoms with Crippen LogP contribution in [0.5, 0.6) is 5.75 Å². The van der Waals surface area contributed by atoms with Crippen molar-refractivity contribution < 1.29 is 9.53 Å². The molecule has 134 valence electrons. The SMILES string of the molecule is Cc1ccc(OCC(=O)N2CCC(c3cc4ccccc4n3C)C2)cc1. The molecule has 3 aromatic rings. The van der Waals surface area contributed by atoms with Crippen LogP contribution in [-0.4, -0.2) is 35.1 Å². The molecule has 1 fully saturated rings. The van der Waals surface area contributed by atoms with Gasteiger partial charge in [0, 0.05) is 37.3 Å². The van der Waals surface area contributed by atoms with Gasteiger partial charge in [-0.3, -0.25) is 4.79 Å². The van der Waals surface area contributed by atoms with E-state index in [0.717, 1.165) is 25.3 Å². The van der Waals surface area contributed by atoms with E-state index in [2.05, 4.69) is 41.9 Å². The zero-order chi connectivity index (χ0) is 18.1. The Morgan fingerprint density at radius 2 is 1.92 bits per heavy atom. The second kappa shape index (κ2) is 6.87. The highest BCUT2D eigenvalue weighted by Gasteiger charge is 2.29. The number of hydrogen-bond donors (Lipinski definition) is 0. The number of likely N-dealkylation sites (tertiary alicyclic amines) is 1. The van der Waals surface area contributed by atoms with E-state index in [1.807, 2.05) is 36.1 Å². The summed E-state index contributed by atoms with van der Waals surface area (Å²) in [4.78, 5) is 14.4. The number of para-hydroxylation sites is 1. The molecule has 1 aromatic heterocycles. The first-order valence-corrected chi connectivity index (χ1v) is 9.13. The maximum absolute atomic E-state index is 12.5. The van der Waals surface area contributed by atoms with Crippen LogP contribution < -0.4 is 4.74 Å². The normalized spacial score (nSPS) is 17.0. The highest BCUT2D eigenvalue weighted by Crippen LogP contribution is 2.31. The lowest BCUT2D eigenvalue weighted by Crippen LogP contribution is -2.33. The molecule has 1 aliphatic rings. The van der Waals surface area contributed by atoms with E-state index >= 15 is 0 Å². The van der Waals surface area contributed by atoms with Crippen LogP contribution in [0.2, 0.25) is 0 Å². The number of fused-ring (bicyclic) bond motifs is 1. The van der Waals surface area contributed by atoms with Gasteiger partial charge in [-0.2, -0.15) is 0 Å². The summed E-state index contributed by atoms with van der Waals surface area (Å²) in [5.74, 6) is 1.19. The van der Waals surface area contributed by atoms with Crippen molar-refractivity contribution in [3.05, 3.63) is 65.9 Å². The highest BCUT2D eigenvalue weighted by molar-refractivity contribution is 5.82. The van der Waals surface area contributed by atoms with Crippen molar-refractivity contribution >= 4 is 16.8 Å². The van der Waals surface area contributed by atoms with E-state index in [1.165, 1.54) is 22.2 Å². The fourth-order valence-electron chi connectivity index (χ4n) is 3.80. The van der Waals surface area contributed by atoms with Crippen molar-refractivity contribution in [3.8, 4) is 5.75 Å². The number of benzene rings is 2. The summed E-state index contributed by atoms with van der Waals surface area (Å²) in [6, 6.07) is 18.5. The van der Waals surface area contributed by atoms with Gasteiger partial charge in [-0.15, -0.1) is 0 Å². The molecule has 0 N–H and O–H groups in total. The zero-order valence-corrected chi connectivity index (χ0v) is 15.3. The Balaban J connectivity index is 1.40. The first-order chi connectivity index (χ1) is 12.6. The lowest BCUT2D eigenvalue weighted by molar-refractivity contribution is -0.132. The van der Waals surface area contributed by atoms with Crippen LogP contribution in [0.4, 0.5) is 0 Å². The van der Waals surface area contributed by atoms with Crippen molar-refractivity contribution in [2.45, 2.75) is 19.3 Å². The molecule has 1 aliphatic heterocycles. The molecule has 0 bridgehead atoms. The number of hydrogen-bond acceptors (Lipinski definition) is 2. The molecule has 4 rings (SSSR count). The smallest absolute Gasteiger partial charge is 0.260 e. The van der Waals surface area contributed by atoms with Gasteiger partial charge in [0.1, 0.15) is 5.75 Å². The van der Waals surface area contributed by atoms with E-state index in [9.17, 15) is 4.79 Å². The van der Waals surface area contributed by atoms with Crippen LogP contribution in [0.15, 0.2) is 54.6 Å². The van der Waals surface area contributed by atoms with Crippen LogP contribution in [0, 0.1) is 6.92 Å². The number of aryl methyl sites for hydroxylation is 2. The van der Waals surface area contributed by atoms with Crippen LogP contribution in [-0.2, 0) is 11.8 Å². The fourth-order valence-corrected chi connectivity index (χ4v) is 3.80. The Labute approximate surface area is 154 Å². The Hall–Kier alpha value is -2.75. The topological polar surface area (TPSA) is 34.5 Å². The molecule has 2 heterocycles. The molecule has 26 heavy (non-hydrogen) atoms. The minimum absolute atomic E-state index is 0.0619. The summed E-state index contributed by atoms with van der Waals surface area (Å²) in [5, 5.41) is 1.26. The van der Waals surface area contributed by atoms with Gasteiger partial charge in [0.05, 0.1) is 0 Å². The predicted octanol–water partition coefficient (Wildman–Crippen LogP) is 3.88. The maximum Gasteiger partial charge on any atom is 0.260 e. The first-order valence-electron chi connectivity index (χ1n) is 9.13. The Bertz CT molecular complexity index is 927. The molecule has 0 radical (unpaired) electrons. The van der Waals surface area contributed by atoms with Crippen LogP contribution in [0.1, 0.15) is 23.6 Å². The molecule has 0 saturated carbocycles. The van der Waals surface area contributed by atoms with Gasteiger partial charge in [-0.1, -0.05) is 35.9 Å². The number of carbonyl (C=O) groups excluding carboxylic acids is 1. The molecule has 1 amide bonds. The van der Waals surface area contributed by atoms with Crippen molar-refractivity contribution in [2.24, 2.45) is 7.05 Å². The van der Waals surface area contributed by atoms with E-state index in [-0.39, 0.29) is 12.5 Å². The lowest BCUT2D eigenvalue weighted by Gasteiger charge is -2.17. The fraction of sp³-hybridized carbons (Fsp3) is 0.318. The standard InChI is InChI=1S/C22H24N2O2/c1-16-7-9-19(10-8-16)26-15-22(25)24-12-11-18(14-24)21-13-17-5-3-4-6-20(17)23(21)2/h3-10,13,18H,11-12,14-15H2,1-2H3. The molecule has 4 heteroatoms. The van der Waals surface area contributed by atoms with Crippen LogP contribution >= 0.6 is 0 Å². The summed E-state index contributed by atoms with van der Waals surface area (Å²) in [7, 11) is 2.11. The van der Waals surface area contributed by atoms with Gasteiger partial charge in [-0.05, 0) is 43.0 Å². The van der Waals surface area contributed by atoms with Crippen LogP contribution in [0.25, 0.3) is 10.9 Å². The average molecular weight is 348 g/mol. The third-order valence-electron chi connectivity index (χ3n) is 5.33. The van der Waals surface area contributed by atoms with Crippen LogP contribution in [0.3, 0.4) is 0 Å². The van der Waals surface area contributed by atoms with E-state index in [4.69, 9.17) is 4.74 Å². The molecule has 0 spiro atoms. The molecular weight excluding hydrogens is 324 g/mol. The number of rotatable bonds is 4. The Kier molecular flexibility index (Phi) is 4.41. The third kappa shape index (κ3) is 3.19. The van der Waals surface area contributed by atoms with Gasteiger partial charge < -0.3 is 14.2 Å². The molecule has 2 aromatic carbocycles. The summed E-state index contributed by atoms with van der Waals surface area (Å²) in [6.45, 7) is 3.69. The molecule has 0 aliphatic carbocycles. The highest BCUT2D eigenvalue weighted by atomic mass is 16.5.